The third-order valence-corrected chi connectivity index (χ3v) is 11.5. The van der Waals surface area contributed by atoms with Gasteiger partial charge in [0.1, 0.15) is 29.4 Å². The lowest BCUT2D eigenvalue weighted by Crippen LogP contribution is -2.45. The van der Waals surface area contributed by atoms with E-state index in [9.17, 15) is 44.1 Å². The van der Waals surface area contributed by atoms with Gasteiger partial charge < -0.3 is 31.3 Å². The number of nitrogens with zero attached hydrogens (tertiary/aromatic N) is 1. The highest BCUT2D eigenvalue weighted by molar-refractivity contribution is 5.97. The second-order valence-electron chi connectivity index (χ2n) is 16.2. The Morgan fingerprint density at radius 3 is 2.10 bits per heavy atom. The first-order valence-corrected chi connectivity index (χ1v) is 21.1. The molecule has 0 saturated carbocycles. The van der Waals surface area contributed by atoms with Crippen LogP contribution >= 0.6 is 0 Å². The zero-order valence-electron chi connectivity index (χ0n) is 35.2. The maximum absolute atomic E-state index is 14.5. The van der Waals surface area contributed by atoms with E-state index in [1.54, 1.807) is 12.1 Å². The molecule has 1 unspecified atom stereocenters. The number of likely N-dealkylation sites (N-methyl/N-ethyl adjacent to an activating group) is 1. The van der Waals surface area contributed by atoms with Crippen LogP contribution in [-0.4, -0.2) is 75.0 Å². The molecule has 4 atom stereocenters. The minimum absolute atomic E-state index is 0.0779. The van der Waals surface area contributed by atoms with Crippen LogP contribution in [0, 0.1) is 11.8 Å². The van der Waals surface area contributed by atoms with Crippen LogP contribution in [0.25, 0.3) is 22.3 Å². The molecule has 0 aliphatic carbocycles. The van der Waals surface area contributed by atoms with E-state index in [4.69, 9.17) is 5.73 Å². The molecule has 4 aromatic carbocycles. The highest BCUT2D eigenvalue weighted by Gasteiger charge is 2.36. The molecule has 12 heteroatoms. The van der Waals surface area contributed by atoms with Gasteiger partial charge in [0.15, 0.2) is 11.6 Å². The number of nitrogens with one attached hydrogen (secondary N) is 1. The first-order valence-electron chi connectivity index (χ1n) is 21.1. The van der Waals surface area contributed by atoms with Gasteiger partial charge in [0, 0.05) is 67.7 Å². The standard InChI is InChI=1S/C49H57N3O9/c1-4-8-31-12-15-33(16-13-31)34-17-19-35(20-18-34)42(54)11-7-10-38(53)28-37(9-5-6-24-50)48(59)52(3)46-36-21-23-44(56)40(29-36)39-26-32(14-22-43(39)55)27-41(49(60)61)51-47(58)30(2)25-45(46)57/h12-23,26,29-30,37,41,46,55-56H,4-11,24-25,27-28,50H2,1-3H3,(H,51,58)(H,60,61)/t30-,37?,41+,46+/m1/s1. The minimum atomic E-state index is -1.35. The van der Waals surface area contributed by atoms with E-state index in [1.807, 2.05) is 12.1 Å². The number of amides is 2. The van der Waals surface area contributed by atoms with Crippen molar-refractivity contribution in [1.29, 1.82) is 0 Å². The Morgan fingerprint density at radius 1 is 0.820 bits per heavy atom. The normalized spacial score (nSPS) is 17.1. The molecule has 0 radical (unpaired) electrons. The molecule has 12 nitrogen and oxygen atoms in total. The van der Waals surface area contributed by atoms with Crippen molar-refractivity contribution in [3.63, 3.8) is 0 Å². The number of rotatable bonds is 17. The van der Waals surface area contributed by atoms with Gasteiger partial charge in [-0.25, -0.2) is 4.79 Å². The number of unbranched alkanes of at least 4 members (excludes halogenated alkanes) is 1. The number of aromatic hydroxyl groups is 2. The van der Waals surface area contributed by atoms with Crippen molar-refractivity contribution in [2.75, 3.05) is 13.6 Å². The number of carboxylic acid groups (broad SMARTS) is 1. The first kappa shape index (κ1) is 45.9. The smallest absolute Gasteiger partial charge is 0.326 e. The van der Waals surface area contributed by atoms with E-state index < -0.39 is 47.5 Å². The molecule has 0 aromatic heterocycles. The van der Waals surface area contributed by atoms with E-state index >= 15 is 0 Å². The highest BCUT2D eigenvalue weighted by atomic mass is 16.4. The summed E-state index contributed by atoms with van der Waals surface area (Å²) in [5.74, 6) is -5.50. The van der Waals surface area contributed by atoms with Crippen LogP contribution in [0.3, 0.4) is 0 Å². The predicted molar refractivity (Wildman–Crippen MR) is 233 cm³/mol. The molecule has 0 saturated heterocycles. The second-order valence-corrected chi connectivity index (χ2v) is 16.2. The molecule has 5 rings (SSSR count). The van der Waals surface area contributed by atoms with Gasteiger partial charge in [0.05, 0.1) is 0 Å². The fraction of sp³-hybridized carbons (Fsp3) is 0.388. The van der Waals surface area contributed by atoms with E-state index in [1.165, 1.54) is 60.8 Å². The summed E-state index contributed by atoms with van der Waals surface area (Å²) in [6.45, 7) is 4.03. The number of carbonyl (C=O) groups is 6. The van der Waals surface area contributed by atoms with Crippen LogP contribution in [0.5, 0.6) is 11.5 Å². The van der Waals surface area contributed by atoms with Gasteiger partial charge >= 0.3 is 5.97 Å². The van der Waals surface area contributed by atoms with E-state index in [-0.39, 0.29) is 66.3 Å². The molecule has 1 aliphatic heterocycles. The largest absolute Gasteiger partial charge is 0.507 e. The maximum atomic E-state index is 14.5. The summed E-state index contributed by atoms with van der Waals surface area (Å²) in [5, 5.41) is 34.3. The molecule has 61 heavy (non-hydrogen) atoms. The average Bonchev–Trinajstić information content (AvgIpc) is 3.24. The van der Waals surface area contributed by atoms with Crippen LogP contribution in [0.2, 0.25) is 0 Å². The third-order valence-electron chi connectivity index (χ3n) is 11.5. The topological polar surface area (TPSA) is 204 Å². The SMILES string of the molecule is CCCc1ccc(-c2ccc(C(=O)CCCC(=O)CC(CCCCN)C(=O)N(C)[C@@H]3C(=O)C[C@@H](C)C(=O)N[C@H](C(=O)O)Cc4ccc(O)c(c4)-c4cc3ccc4O)cc2)cc1. The van der Waals surface area contributed by atoms with Gasteiger partial charge in [-0.2, -0.15) is 0 Å². The summed E-state index contributed by atoms with van der Waals surface area (Å²) in [4.78, 5) is 82.1. The fourth-order valence-corrected chi connectivity index (χ4v) is 7.98. The quantitative estimate of drug-likeness (QED) is 0.0528. The lowest BCUT2D eigenvalue weighted by Gasteiger charge is -2.32. The average molecular weight is 832 g/mol. The van der Waals surface area contributed by atoms with E-state index in [2.05, 4.69) is 36.5 Å². The number of hydrogen-bond acceptors (Lipinski definition) is 9. The van der Waals surface area contributed by atoms with Gasteiger partial charge in [-0.1, -0.05) is 87.4 Å². The summed E-state index contributed by atoms with van der Waals surface area (Å²) in [6.07, 6.45) is 3.49. The van der Waals surface area contributed by atoms with Crippen molar-refractivity contribution in [2.24, 2.45) is 17.6 Å². The molecule has 2 amide bonds. The molecule has 0 fully saturated rings. The summed E-state index contributed by atoms with van der Waals surface area (Å²) < 4.78 is 0. The Kier molecular flexibility index (Phi) is 16.1. The van der Waals surface area contributed by atoms with Crippen molar-refractivity contribution in [3.8, 4) is 33.8 Å². The number of carboxylic acids is 1. The van der Waals surface area contributed by atoms with Gasteiger partial charge in [0.25, 0.3) is 0 Å². The zero-order valence-corrected chi connectivity index (χ0v) is 35.2. The number of benzene rings is 4. The molecule has 4 bridgehead atoms. The number of phenols is 2. The number of aryl methyl sites for hydroxylation is 1. The van der Waals surface area contributed by atoms with E-state index in [0.29, 0.717) is 48.9 Å². The van der Waals surface area contributed by atoms with Crippen molar-refractivity contribution < 1.29 is 44.1 Å². The Hall–Kier alpha value is -6.14. The number of Topliss-reactive ketones (excluding diaryl/α,β-unsaturated/α-hetero) is 3. The van der Waals surface area contributed by atoms with Crippen LogP contribution in [0.4, 0.5) is 0 Å². The maximum Gasteiger partial charge on any atom is 0.326 e. The molecular weight excluding hydrogens is 775 g/mol. The van der Waals surface area contributed by atoms with Gasteiger partial charge in [0.2, 0.25) is 11.8 Å². The van der Waals surface area contributed by atoms with Crippen LogP contribution in [0.15, 0.2) is 84.9 Å². The van der Waals surface area contributed by atoms with Crippen molar-refractivity contribution >= 4 is 35.1 Å². The summed E-state index contributed by atoms with van der Waals surface area (Å²) in [5.41, 5.74) is 10.7. The molecule has 6 N–H and O–H groups in total. The second kappa shape index (κ2) is 21.4. The third kappa shape index (κ3) is 12.0. The number of fused-ring (bicyclic) bond motifs is 5. The van der Waals surface area contributed by atoms with Gasteiger partial charge in [-0.05, 0) is 84.3 Å². The Morgan fingerprint density at radius 2 is 1.46 bits per heavy atom. The van der Waals surface area contributed by atoms with Gasteiger partial charge in [-0.3, -0.25) is 24.0 Å². The number of hydrogen-bond donors (Lipinski definition) is 5. The first-order chi connectivity index (χ1) is 29.2. The zero-order chi connectivity index (χ0) is 44.2. The Bertz CT molecular complexity index is 2220. The van der Waals surface area contributed by atoms with Crippen molar-refractivity contribution in [3.05, 3.63) is 107 Å². The summed E-state index contributed by atoms with van der Waals surface area (Å²) in [6, 6.07) is 21.9. The summed E-state index contributed by atoms with van der Waals surface area (Å²) in [7, 11) is 1.45. The van der Waals surface area contributed by atoms with Gasteiger partial charge in [-0.15, -0.1) is 0 Å². The Labute approximate surface area is 357 Å². The highest BCUT2D eigenvalue weighted by Crippen LogP contribution is 2.39. The summed E-state index contributed by atoms with van der Waals surface area (Å²) >= 11 is 0. The number of phenolic OH excluding ortho intramolecular Hbond substituents is 2. The molecule has 1 heterocycles. The Balaban J connectivity index is 1.33. The lowest BCUT2D eigenvalue weighted by atomic mass is 9.88. The van der Waals surface area contributed by atoms with Crippen LogP contribution in [0.1, 0.15) is 105 Å². The molecule has 1 aliphatic rings. The van der Waals surface area contributed by atoms with Crippen LogP contribution < -0.4 is 11.1 Å². The number of carbonyl (C=O) groups excluding carboxylic acids is 5. The number of ketones is 3. The molecule has 0 spiro atoms. The van der Waals surface area contributed by atoms with Crippen molar-refractivity contribution in [1.82, 2.24) is 10.2 Å². The molecule has 4 aromatic rings. The van der Waals surface area contributed by atoms with Crippen molar-refractivity contribution in [2.45, 2.75) is 96.6 Å². The number of nitrogens with two attached hydrogens (primary N) is 1. The molecule has 322 valence electrons. The van der Waals surface area contributed by atoms with Crippen LogP contribution in [-0.2, 0) is 36.8 Å². The van der Waals surface area contributed by atoms with E-state index in [0.717, 1.165) is 24.0 Å². The molecular formula is C49H57N3O9. The lowest BCUT2D eigenvalue weighted by molar-refractivity contribution is -0.144. The minimum Gasteiger partial charge on any atom is -0.507 e. The fourth-order valence-electron chi connectivity index (χ4n) is 7.98. The monoisotopic (exact) mass is 831 g/mol. The number of aliphatic carboxylic acids is 1. The predicted octanol–water partition coefficient (Wildman–Crippen LogP) is 7.36.